The van der Waals surface area contributed by atoms with Crippen LogP contribution in [0.2, 0.25) is 0 Å². The fourth-order valence-corrected chi connectivity index (χ4v) is 1.94. The number of nitrogens with one attached hydrogen (secondary N) is 1. The summed E-state index contributed by atoms with van der Waals surface area (Å²) >= 11 is 0. The van der Waals surface area contributed by atoms with Crippen LogP contribution >= 0.6 is 0 Å². The minimum atomic E-state index is 0.458. The molecule has 1 atom stereocenters. The predicted molar refractivity (Wildman–Crippen MR) is 60.6 cm³/mol. The molecule has 5 heteroatoms. The molecule has 0 radical (unpaired) electrons. The van der Waals surface area contributed by atoms with Gasteiger partial charge >= 0.3 is 0 Å². The van der Waals surface area contributed by atoms with Crippen LogP contribution in [0.1, 0.15) is 12.8 Å². The van der Waals surface area contributed by atoms with Gasteiger partial charge in [-0.05, 0) is 26.4 Å². The zero-order valence-corrected chi connectivity index (χ0v) is 8.98. The van der Waals surface area contributed by atoms with Gasteiger partial charge in [-0.2, -0.15) is 0 Å². The maximum Gasteiger partial charge on any atom is 0.147 e. The maximum absolute atomic E-state index is 5.57. The number of likely N-dealkylation sites (N-methyl/N-ethyl adjacent to an activating group) is 1. The van der Waals surface area contributed by atoms with Crippen molar-refractivity contribution in [3.8, 4) is 0 Å². The summed E-state index contributed by atoms with van der Waals surface area (Å²) in [5.74, 6) is 1.24. The zero-order valence-electron chi connectivity index (χ0n) is 8.98. The number of aromatic nitrogens is 2. The third-order valence-corrected chi connectivity index (χ3v) is 2.63. The summed E-state index contributed by atoms with van der Waals surface area (Å²) in [5, 5.41) is 3.36. The van der Waals surface area contributed by atoms with Crippen molar-refractivity contribution in [3.05, 3.63) is 12.4 Å². The SMILES string of the molecule is CN1CCCC(Nc2cncc(N)n2)C1. The van der Waals surface area contributed by atoms with Gasteiger partial charge < -0.3 is 16.0 Å². The number of nitrogens with two attached hydrogens (primary N) is 1. The number of hydrogen-bond donors (Lipinski definition) is 2. The van der Waals surface area contributed by atoms with Crippen LogP contribution in [0.25, 0.3) is 0 Å². The molecule has 1 aromatic heterocycles. The number of piperidine rings is 1. The topological polar surface area (TPSA) is 67.1 Å². The van der Waals surface area contributed by atoms with Gasteiger partial charge in [0.05, 0.1) is 12.4 Å². The van der Waals surface area contributed by atoms with Gasteiger partial charge in [0.15, 0.2) is 0 Å². The quantitative estimate of drug-likeness (QED) is 0.742. The fourth-order valence-electron chi connectivity index (χ4n) is 1.94. The van der Waals surface area contributed by atoms with E-state index in [1.54, 1.807) is 12.4 Å². The lowest BCUT2D eigenvalue weighted by atomic mass is 10.1. The Kier molecular flexibility index (Phi) is 3.01. The van der Waals surface area contributed by atoms with Crippen molar-refractivity contribution >= 4 is 11.6 Å². The summed E-state index contributed by atoms with van der Waals surface area (Å²) in [6.07, 6.45) is 5.67. The lowest BCUT2D eigenvalue weighted by Crippen LogP contribution is -2.39. The molecule has 0 spiro atoms. The van der Waals surface area contributed by atoms with E-state index in [1.165, 1.54) is 19.4 Å². The van der Waals surface area contributed by atoms with E-state index in [2.05, 4.69) is 27.2 Å². The second-order valence-corrected chi connectivity index (χ2v) is 4.07. The average Bonchev–Trinajstić information content (AvgIpc) is 2.17. The van der Waals surface area contributed by atoms with E-state index in [-0.39, 0.29) is 0 Å². The van der Waals surface area contributed by atoms with Gasteiger partial charge in [0.25, 0.3) is 0 Å². The van der Waals surface area contributed by atoms with Crippen LogP contribution in [-0.4, -0.2) is 41.0 Å². The van der Waals surface area contributed by atoms with Crippen LogP contribution in [0.15, 0.2) is 12.4 Å². The van der Waals surface area contributed by atoms with E-state index in [0.29, 0.717) is 11.9 Å². The van der Waals surface area contributed by atoms with Crippen molar-refractivity contribution < 1.29 is 0 Å². The second-order valence-electron chi connectivity index (χ2n) is 4.07. The first-order chi connectivity index (χ1) is 7.24. The van der Waals surface area contributed by atoms with Crippen molar-refractivity contribution in [1.29, 1.82) is 0 Å². The highest BCUT2D eigenvalue weighted by Gasteiger charge is 2.17. The Hall–Kier alpha value is -1.36. The summed E-state index contributed by atoms with van der Waals surface area (Å²) in [6, 6.07) is 0.458. The van der Waals surface area contributed by atoms with Crippen LogP contribution in [0.4, 0.5) is 11.6 Å². The number of nitrogens with zero attached hydrogens (tertiary/aromatic N) is 3. The van der Waals surface area contributed by atoms with Gasteiger partial charge in [-0.3, -0.25) is 4.98 Å². The van der Waals surface area contributed by atoms with E-state index in [4.69, 9.17) is 5.73 Å². The number of rotatable bonds is 2. The minimum absolute atomic E-state index is 0.458. The highest BCUT2D eigenvalue weighted by atomic mass is 15.2. The minimum Gasteiger partial charge on any atom is -0.382 e. The first kappa shape index (κ1) is 10.2. The van der Waals surface area contributed by atoms with Gasteiger partial charge in [0, 0.05) is 12.6 Å². The Bertz CT molecular complexity index is 327. The summed E-state index contributed by atoms with van der Waals surface area (Å²) in [4.78, 5) is 10.5. The third kappa shape index (κ3) is 2.79. The van der Waals surface area contributed by atoms with E-state index >= 15 is 0 Å². The first-order valence-electron chi connectivity index (χ1n) is 5.26. The van der Waals surface area contributed by atoms with Crippen molar-refractivity contribution in [2.24, 2.45) is 0 Å². The first-order valence-corrected chi connectivity index (χ1v) is 5.26. The van der Waals surface area contributed by atoms with Gasteiger partial charge in [-0.25, -0.2) is 4.98 Å². The molecule has 0 aromatic carbocycles. The summed E-state index contributed by atoms with van der Waals surface area (Å²) in [7, 11) is 2.14. The molecule has 1 unspecified atom stereocenters. The highest BCUT2D eigenvalue weighted by Crippen LogP contribution is 2.13. The van der Waals surface area contributed by atoms with E-state index in [9.17, 15) is 0 Å². The molecular formula is C10H17N5. The average molecular weight is 207 g/mol. The summed E-state index contributed by atoms with van der Waals surface area (Å²) < 4.78 is 0. The molecule has 3 N–H and O–H groups in total. The van der Waals surface area contributed by atoms with Gasteiger partial charge in [-0.15, -0.1) is 0 Å². The third-order valence-electron chi connectivity index (χ3n) is 2.63. The Morgan fingerprint density at radius 3 is 3.13 bits per heavy atom. The molecule has 1 fully saturated rings. The van der Waals surface area contributed by atoms with Crippen LogP contribution in [0.3, 0.4) is 0 Å². The molecule has 1 aliphatic heterocycles. The van der Waals surface area contributed by atoms with Crippen LogP contribution in [0, 0.1) is 0 Å². The predicted octanol–water partition coefficient (Wildman–Crippen LogP) is 0.565. The number of likely N-dealkylation sites (tertiary alicyclic amines) is 1. The highest BCUT2D eigenvalue weighted by molar-refractivity contribution is 5.39. The van der Waals surface area contributed by atoms with E-state index in [0.717, 1.165) is 12.4 Å². The van der Waals surface area contributed by atoms with Crippen LogP contribution in [-0.2, 0) is 0 Å². The van der Waals surface area contributed by atoms with E-state index < -0.39 is 0 Å². The monoisotopic (exact) mass is 207 g/mol. The molecule has 2 rings (SSSR count). The van der Waals surface area contributed by atoms with Gasteiger partial charge in [-0.1, -0.05) is 0 Å². The van der Waals surface area contributed by atoms with Gasteiger partial charge in [0.1, 0.15) is 11.6 Å². The van der Waals surface area contributed by atoms with Crippen LogP contribution < -0.4 is 11.1 Å². The normalized spacial score (nSPS) is 22.6. The lowest BCUT2D eigenvalue weighted by molar-refractivity contribution is 0.260. The Morgan fingerprint density at radius 2 is 2.40 bits per heavy atom. The molecule has 82 valence electrons. The summed E-state index contributed by atoms with van der Waals surface area (Å²) in [6.45, 7) is 2.23. The molecule has 1 aromatic rings. The van der Waals surface area contributed by atoms with Crippen molar-refractivity contribution in [2.45, 2.75) is 18.9 Å². The van der Waals surface area contributed by atoms with E-state index in [1.807, 2.05) is 0 Å². The molecule has 0 amide bonds. The molecule has 0 saturated carbocycles. The molecule has 1 saturated heterocycles. The van der Waals surface area contributed by atoms with Gasteiger partial charge in [0.2, 0.25) is 0 Å². The Labute approximate surface area is 89.7 Å². The summed E-state index contributed by atoms with van der Waals surface area (Å²) in [5.41, 5.74) is 5.57. The second kappa shape index (κ2) is 4.44. The zero-order chi connectivity index (χ0) is 10.7. The van der Waals surface area contributed by atoms with Crippen LogP contribution in [0.5, 0.6) is 0 Å². The molecule has 1 aliphatic rings. The largest absolute Gasteiger partial charge is 0.382 e. The smallest absolute Gasteiger partial charge is 0.147 e. The molecule has 5 nitrogen and oxygen atoms in total. The fraction of sp³-hybridized carbons (Fsp3) is 0.600. The molecule has 2 heterocycles. The van der Waals surface area contributed by atoms with Crippen molar-refractivity contribution in [1.82, 2.24) is 14.9 Å². The lowest BCUT2D eigenvalue weighted by Gasteiger charge is -2.30. The molecule has 0 bridgehead atoms. The number of anilines is 2. The molecular weight excluding hydrogens is 190 g/mol. The molecule has 15 heavy (non-hydrogen) atoms. The number of nitrogen functional groups attached to an aromatic ring is 1. The van der Waals surface area contributed by atoms with Crippen molar-refractivity contribution in [2.75, 3.05) is 31.2 Å². The number of hydrogen-bond acceptors (Lipinski definition) is 5. The molecule has 0 aliphatic carbocycles. The maximum atomic E-state index is 5.57. The Balaban J connectivity index is 1.96. The van der Waals surface area contributed by atoms with Crippen molar-refractivity contribution in [3.63, 3.8) is 0 Å². The Morgan fingerprint density at radius 1 is 1.53 bits per heavy atom. The standard InChI is InChI=1S/C10H17N5/c1-15-4-2-3-8(7-15)13-10-6-12-5-9(11)14-10/h5-6,8H,2-4,7H2,1H3,(H3,11,13,14).